The summed E-state index contributed by atoms with van der Waals surface area (Å²) in [6.45, 7) is 1.89. The summed E-state index contributed by atoms with van der Waals surface area (Å²) in [5, 5.41) is 9.70. The Kier molecular flexibility index (Phi) is 3.98. The third-order valence-corrected chi connectivity index (χ3v) is 5.08. The van der Waals surface area contributed by atoms with Crippen LogP contribution in [0.4, 0.5) is 11.4 Å². The maximum absolute atomic E-state index is 12.2. The molecule has 0 saturated carbocycles. The van der Waals surface area contributed by atoms with Gasteiger partial charge in [0, 0.05) is 10.6 Å². The lowest BCUT2D eigenvalue weighted by Gasteiger charge is -2.18. The third-order valence-electron chi connectivity index (χ3n) is 3.32. The number of amides is 2. The Balaban J connectivity index is 1.73. The fraction of sp³-hybridized carbons (Fsp3) is 0.200. The number of hydrogen-bond donors (Lipinski definition) is 2. The van der Waals surface area contributed by atoms with Gasteiger partial charge in [-0.25, -0.2) is 0 Å². The number of benzene rings is 1. The molecule has 0 radical (unpaired) electrons. The largest absolute Gasteiger partial charge is 0.326 e. The van der Waals surface area contributed by atoms with Crippen molar-refractivity contribution in [2.45, 2.75) is 17.7 Å². The Morgan fingerprint density at radius 3 is 3.00 bits per heavy atom. The highest BCUT2D eigenvalue weighted by atomic mass is 32.2. The first kappa shape index (κ1) is 14.2. The molecule has 0 spiro atoms. The molecule has 0 bridgehead atoms. The molecule has 0 aliphatic carbocycles. The lowest BCUT2D eigenvalue weighted by molar-refractivity contribution is -0.117. The average molecular weight is 318 g/mol. The molecule has 1 atom stereocenters. The molecule has 0 fully saturated rings. The van der Waals surface area contributed by atoms with Gasteiger partial charge in [0.05, 0.1) is 17.4 Å². The van der Waals surface area contributed by atoms with Crippen molar-refractivity contribution in [3.8, 4) is 0 Å². The minimum atomic E-state index is -0.181. The highest BCUT2D eigenvalue weighted by molar-refractivity contribution is 8.00. The maximum atomic E-state index is 12.2. The van der Waals surface area contributed by atoms with Crippen LogP contribution in [0.1, 0.15) is 18.4 Å². The van der Waals surface area contributed by atoms with Crippen LogP contribution in [0.2, 0.25) is 0 Å². The summed E-state index contributed by atoms with van der Waals surface area (Å²) in [6, 6.07) is 7.50. The van der Waals surface area contributed by atoms with Gasteiger partial charge in [-0.15, -0.1) is 11.8 Å². The van der Waals surface area contributed by atoms with Crippen LogP contribution in [0.5, 0.6) is 0 Å². The Hall–Kier alpha value is -1.79. The molecular formula is C15H14N2O2S2. The topological polar surface area (TPSA) is 58.2 Å². The number of carbonyl (C=O) groups is 2. The van der Waals surface area contributed by atoms with Crippen LogP contribution in [0, 0.1) is 0 Å². The molecule has 21 heavy (non-hydrogen) atoms. The van der Waals surface area contributed by atoms with Crippen molar-refractivity contribution >= 4 is 46.3 Å². The lowest BCUT2D eigenvalue weighted by Crippen LogP contribution is -2.20. The molecule has 3 rings (SSSR count). The van der Waals surface area contributed by atoms with Crippen LogP contribution in [-0.2, 0) is 9.59 Å². The number of nitrogens with one attached hydrogen (secondary N) is 2. The van der Waals surface area contributed by atoms with Gasteiger partial charge >= 0.3 is 0 Å². The Morgan fingerprint density at radius 2 is 2.24 bits per heavy atom. The van der Waals surface area contributed by atoms with Crippen molar-refractivity contribution < 1.29 is 9.59 Å². The first-order chi connectivity index (χ1) is 10.1. The summed E-state index contributed by atoms with van der Waals surface area (Å²) in [6.07, 6.45) is 0. The fourth-order valence-corrected chi connectivity index (χ4v) is 3.67. The van der Waals surface area contributed by atoms with E-state index in [1.54, 1.807) is 11.3 Å². The summed E-state index contributed by atoms with van der Waals surface area (Å²) < 4.78 is 0. The van der Waals surface area contributed by atoms with Crippen molar-refractivity contribution in [1.82, 2.24) is 0 Å². The molecule has 1 aromatic carbocycles. The van der Waals surface area contributed by atoms with Gasteiger partial charge in [0.15, 0.2) is 0 Å². The summed E-state index contributed by atoms with van der Waals surface area (Å²) in [4.78, 5) is 24.5. The molecular weight excluding hydrogens is 304 g/mol. The Labute approximate surface area is 130 Å². The monoisotopic (exact) mass is 318 g/mol. The van der Waals surface area contributed by atoms with Crippen LogP contribution in [0.15, 0.2) is 39.9 Å². The number of rotatable bonds is 3. The van der Waals surface area contributed by atoms with Crippen molar-refractivity contribution in [3.63, 3.8) is 0 Å². The lowest BCUT2D eigenvalue weighted by atomic mass is 10.0. The van der Waals surface area contributed by atoms with E-state index in [4.69, 9.17) is 0 Å². The molecule has 1 aliphatic heterocycles. The van der Waals surface area contributed by atoms with E-state index in [1.807, 2.05) is 41.9 Å². The fourth-order valence-electron chi connectivity index (χ4n) is 2.08. The minimum Gasteiger partial charge on any atom is -0.326 e. The number of hydrogen-bond acceptors (Lipinski definition) is 4. The van der Waals surface area contributed by atoms with Crippen LogP contribution >= 0.6 is 23.1 Å². The number of thioether (sulfide) groups is 1. The van der Waals surface area contributed by atoms with Gasteiger partial charge in [-0.1, -0.05) is 0 Å². The van der Waals surface area contributed by atoms with Gasteiger partial charge in [0.1, 0.15) is 0 Å². The number of anilines is 2. The van der Waals surface area contributed by atoms with Gasteiger partial charge < -0.3 is 10.6 Å². The standard InChI is InChI=1S/C15H14N2O2S2/c1-9(10-4-5-20-7-10)15(19)16-11-2-3-12-13(6-11)21-8-14(18)17-12/h2-7,9H,8H2,1H3,(H,16,19)(H,17,18). The van der Waals surface area contributed by atoms with E-state index in [-0.39, 0.29) is 17.7 Å². The molecule has 6 heteroatoms. The van der Waals surface area contributed by atoms with E-state index in [0.29, 0.717) is 5.75 Å². The van der Waals surface area contributed by atoms with Crippen molar-refractivity contribution in [2.24, 2.45) is 0 Å². The van der Waals surface area contributed by atoms with E-state index >= 15 is 0 Å². The van der Waals surface area contributed by atoms with Crippen LogP contribution in [-0.4, -0.2) is 17.6 Å². The molecule has 0 saturated heterocycles. The quantitative estimate of drug-likeness (QED) is 0.910. The molecule has 2 aromatic rings. The maximum Gasteiger partial charge on any atom is 0.234 e. The average Bonchev–Trinajstić information content (AvgIpc) is 3.00. The van der Waals surface area contributed by atoms with Crippen molar-refractivity contribution in [2.75, 3.05) is 16.4 Å². The molecule has 108 valence electrons. The third kappa shape index (κ3) is 3.11. The van der Waals surface area contributed by atoms with Gasteiger partial charge in [-0.05, 0) is 47.5 Å². The van der Waals surface area contributed by atoms with Crippen LogP contribution < -0.4 is 10.6 Å². The molecule has 2 N–H and O–H groups in total. The number of carbonyl (C=O) groups excluding carboxylic acids is 2. The van der Waals surface area contributed by atoms with E-state index in [2.05, 4.69) is 10.6 Å². The molecule has 1 aromatic heterocycles. The first-order valence-corrected chi connectivity index (χ1v) is 8.46. The van der Waals surface area contributed by atoms with E-state index in [1.165, 1.54) is 11.8 Å². The van der Waals surface area contributed by atoms with E-state index < -0.39 is 0 Å². The smallest absolute Gasteiger partial charge is 0.234 e. The van der Waals surface area contributed by atoms with Gasteiger partial charge in [-0.2, -0.15) is 11.3 Å². The minimum absolute atomic E-state index is 0.00960. The van der Waals surface area contributed by atoms with Gasteiger partial charge in [0.25, 0.3) is 0 Å². The predicted octanol–water partition coefficient (Wildman–Crippen LogP) is 3.53. The normalized spacial score (nSPS) is 15.0. The molecule has 2 amide bonds. The summed E-state index contributed by atoms with van der Waals surface area (Å²) in [5.41, 5.74) is 2.58. The second-order valence-corrected chi connectivity index (χ2v) is 6.61. The van der Waals surface area contributed by atoms with Crippen molar-refractivity contribution in [1.29, 1.82) is 0 Å². The molecule has 4 nitrogen and oxygen atoms in total. The first-order valence-electron chi connectivity index (χ1n) is 6.53. The highest BCUT2D eigenvalue weighted by Crippen LogP contribution is 2.33. The van der Waals surface area contributed by atoms with Gasteiger partial charge in [0.2, 0.25) is 11.8 Å². The summed E-state index contributed by atoms with van der Waals surface area (Å²) in [7, 11) is 0. The number of fused-ring (bicyclic) bond motifs is 1. The Morgan fingerprint density at radius 1 is 1.38 bits per heavy atom. The Bertz CT molecular complexity index is 683. The molecule has 1 unspecified atom stereocenters. The van der Waals surface area contributed by atoms with Crippen LogP contribution in [0.3, 0.4) is 0 Å². The second-order valence-electron chi connectivity index (χ2n) is 4.82. The second kappa shape index (κ2) is 5.91. The zero-order valence-electron chi connectivity index (χ0n) is 11.4. The predicted molar refractivity (Wildman–Crippen MR) is 87.2 cm³/mol. The SMILES string of the molecule is CC(C(=O)Nc1ccc2c(c1)SCC(=O)N2)c1ccsc1. The highest BCUT2D eigenvalue weighted by Gasteiger charge is 2.18. The zero-order chi connectivity index (χ0) is 14.8. The van der Waals surface area contributed by atoms with Gasteiger partial charge in [-0.3, -0.25) is 9.59 Å². The molecule has 1 aliphatic rings. The van der Waals surface area contributed by atoms with E-state index in [0.717, 1.165) is 21.8 Å². The van der Waals surface area contributed by atoms with Crippen LogP contribution in [0.25, 0.3) is 0 Å². The summed E-state index contributed by atoms with van der Waals surface area (Å²) in [5.74, 6) is 0.212. The molecule has 2 heterocycles. The number of thiophene rings is 1. The van der Waals surface area contributed by atoms with E-state index in [9.17, 15) is 9.59 Å². The summed E-state index contributed by atoms with van der Waals surface area (Å²) >= 11 is 3.07. The zero-order valence-corrected chi connectivity index (χ0v) is 13.0. The van der Waals surface area contributed by atoms with Crippen molar-refractivity contribution in [3.05, 3.63) is 40.6 Å².